The smallest absolute Gasteiger partial charge is 0.174 e. The maximum Gasteiger partial charge on any atom is 0.174 e. The molecule has 2 fully saturated rings. The highest BCUT2D eigenvalue weighted by atomic mass is 16.8. The molecule has 5 heteroatoms. The Labute approximate surface area is 83.4 Å². The number of fused-ring (bicyclic) bond motifs is 1. The zero-order valence-corrected chi connectivity index (χ0v) is 8.73. The SMILES string of the molecule is CO[C@H]1OC[C@@H]2OC(C)(C)O[C@@H]2[C@H]1N. The number of nitrogens with two attached hydrogens (primary N) is 1. The van der Waals surface area contributed by atoms with Crippen molar-refractivity contribution in [2.24, 2.45) is 5.73 Å². The van der Waals surface area contributed by atoms with E-state index in [1.54, 1.807) is 7.11 Å². The molecule has 0 bridgehead atoms. The molecule has 0 unspecified atom stereocenters. The molecule has 2 rings (SSSR count). The molecule has 2 saturated heterocycles. The summed E-state index contributed by atoms with van der Waals surface area (Å²) >= 11 is 0. The van der Waals surface area contributed by atoms with E-state index < -0.39 is 12.1 Å². The molecule has 2 aliphatic heterocycles. The zero-order valence-electron chi connectivity index (χ0n) is 8.73. The molecule has 2 heterocycles. The van der Waals surface area contributed by atoms with E-state index in [0.29, 0.717) is 6.61 Å². The number of hydrogen-bond donors (Lipinski definition) is 1. The minimum Gasteiger partial charge on any atom is -0.354 e. The Bertz CT molecular complexity index is 221. The molecular weight excluding hydrogens is 186 g/mol. The Kier molecular flexibility index (Phi) is 2.53. The van der Waals surface area contributed by atoms with Gasteiger partial charge in [-0.1, -0.05) is 0 Å². The van der Waals surface area contributed by atoms with Gasteiger partial charge in [-0.2, -0.15) is 0 Å². The fourth-order valence-corrected chi connectivity index (χ4v) is 2.00. The summed E-state index contributed by atoms with van der Waals surface area (Å²) in [5, 5.41) is 0. The molecule has 2 N–H and O–H groups in total. The fraction of sp³-hybridized carbons (Fsp3) is 1.00. The molecule has 5 nitrogen and oxygen atoms in total. The average Bonchev–Trinajstić information content (AvgIpc) is 2.42. The first-order valence-electron chi connectivity index (χ1n) is 4.79. The highest BCUT2D eigenvalue weighted by molar-refractivity contribution is 4.93. The summed E-state index contributed by atoms with van der Waals surface area (Å²) in [6.45, 7) is 4.22. The van der Waals surface area contributed by atoms with Gasteiger partial charge in [0.05, 0.1) is 12.6 Å². The molecule has 82 valence electrons. The number of rotatable bonds is 1. The Morgan fingerprint density at radius 2 is 2.07 bits per heavy atom. The minimum atomic E-state index is -0.570. The molecule has 0 aliphatic carbocycles. The van der Waals surface area contributed by atoms with Gasteiger partial charge in [0.25, 0.3) is 0 Å². The van der Waals surface area contributed by atoms with Gasteiger partial charge in [0.2, 0.25) is 0 Å². The first kappa shape index (κ1) is 10.3. The van der Waals surface area contributed by atoms with E-state index >= 15 is 0 Å². The number of methoxy groups -OCH3 is 1. The van der Waals surface area contributed by atoms with Gasteiger partial charge < -0.3 is 24.7 Å². The van der Waals surface area contributed by atoms with E-state index in [-0.39, 0.29) is 18.2 Å². The topological polar surface area (TPSA) is 62.9 Å². The highest BCUT2D eigenvalue weighted by Gasteiger charge is 2.49. The van der Waals surface area contributed by atoms with Crippen molar-refractivity contribution in [1.82, 2.24) is 0 Å². The van der Waals surface area contributed by atoms with Crippen LogP contribution in [0.4, 0.5) is 0 Å². The van der Waals surface area contributed by atoms with Crippen molar-refractivity contribution < 1.29 is 18.9 Å². The van der Waals surface area contributed by atoms with Crippen molar-refractivity contribution in [3.8, 4) is 0 Å². The molecule has 2 aliphatic rings. The van der Waals surface area contributed by atoms with Gasteiger partial charge in [0.15, 0.2) is 12.1 Å². The molecule has 4 atom stereocenters. The van der Waals surface area contributed by atoms with Crippen molar-refractivity contribution >= 4 is 0 Å². The van der Waals surface area contributed by atoms with E-state index in [1.807, 2.05) is 13.8 Å². The monoisotopic (exact) mass is 203 g/mol. The lowest BCUT2D eigenvalue weighted by atomic mass is 10.0. The highest BCUT2D eigenvalue weighted by Crippen LogP contribution is 2.33. The molecular formula is C9H17NO4. The minimum absolute atomic E-state index is 0.0774. The van der Waals surface area contributed by atoms with Crippen molar-refractivity contribution in [2.45, 2.75) is 44.2 Å². The molecule has 0 amide bonds. The first-order valence-corrected chi connectivity index (χ1v) is 4.79. The van der Waals surface area contributed by atoms with Gasteiger partial charge in [-0.3, -0.25) is 0 Å². The van der Waals surface area contributed by atoms with E-state index in [4.69, 9.17) is 24.7 Å². The summed E-state index contributed by atoms with van der Waals surface area (Å²) in [6.07, 6.45) is -0.608. The summed E-state index contributed by atoms with van der Waals surface area (Å²) in [7, 11) is 1.58. The molecule has 0 aromatic heterocycles. The normalized spacial score (nSPS) is 46.3. The maximum absolute atomic E-state index is 5.94. The average molecular weight is 203 g/mol. The van der Waals surface area contributed by atoms with E-state index in [9.17, 15) is 0 Å². The van der Waals surface area contributed by atoms with Crippen LogP contribution in [0.25, 0.3) is 0 Å². The molecule has 0 radical (unpaired) electrons. The van der Waals surface area contributed by atoms with Gasteiger partial charge in [-0.15, -0.1) is 0 Å². The van der Waals surface area contributed by atoms with Crippen LogP contribution < -0.4 is 5.73 Å². The van der Waals surface area contributed by atoms with Crippen molar-refractivity contribution in [2.75, 3.05) is 13.7 Å². The quantitative estimate of drug-likeness (QED) is 0.641. The van der Waals surface area contributed by atoms with E-state index in [2.05, 4.69) is 0 Å². The van der Waals surface area contributed by atoms with Gasteiger partial charge in [-0.25, -0.2) is 0 Å². The van der Waals surface area contributed by atoms with Crippen LogP contribution in [0, 0.1) is 0 Å². The first-order chi connectivity index (χ1) is 6.53. The molecule has 0 spiro atoms. The van der Waals surface area contributed by atoms with Crippen molar-refractivity contribution in [3.63, 3.8) is 0 Å². The van der Waals surface area contributed by atoms with Crippen LogP contribution in [0.3, 0.4) is 0 Å². The van der Waals surface area contributed by atoms with Crippen LogP contribution in [0.15, 0.2) is 0 Å². The molecule has 0 aromatic carbocycles. The van der Waals surface area contributed by atoms with Crippen LogP contribution in [-0.4, -0.2) is 44.0 Å². The van der Waals surface area contributed by atoms with Crippen molar-refractivity contribution in [1.29, 1.82) is 0 Å². The third kappa shape index (κ3) is 1.66. The van der Waals surface area contributed by atoms with Gasteiger partial charge >= 0.3 is 0 Å². The Morgan fingerprint density at radius 3 is 2.71 bits per heavy atom. The second kappa shape index (κ2) is 3.43. The third-order valence-corrected chi connectivity index (χ3v) is 2.57. The van der Waals surface area contributed by atoms with E-state index in [0.717, 1.165) is 0 Å². The van der Waals surface area contributed by atoms with Gasteiger partial charge in [0, 0.05) is 7.11 Å². The molecule has 0 aromatic rings. The van der Waals surface area contributed by atoms with Crippen LogP contribution in [0.2, 0.25) is 0 Å². The van der Waals surface area contributed by atoms with Crippen LogP contribution in [0.1, 0.15) is 13.8 Å². The second-order valence-corrected chi connectivity index (χ2v) is 4.15. The lowest BCUT2D eigenvalue weighted by molar-refractivity contribution is -0.194. The zero-order chi connectivity index (χ0) is 10.3. The summed E-state index contributed by atoms with van der Waals surface area (Å²) in [5.41, 5.74) is 5.94. The van der Waals surface area contributed by atoms with Gasteiger partial charge in [-0.05, 0) is 13.8 Å². The predicted octanol–water partition coefficient (Wildman–Crippen LogP) is -0.163. The summed E-state index contributed by atoms with van der Waals surface area (Å²) < 4.78 is 21.8. The van der Waals surface area contributed by atoms with Crippen LogP contribution >= 0.6 is 0 Å². The van der Waals surface area contributed by atoms with E-state index in [1.165, 1.54) is 0 Å². The lowest BCUT2D eigenvalue weighted by Crippen LogP contribution is -2.56. The van der Waals surface area contributed by atoms with Crippen LogP contribution in [0.5, 0.6) is 0 Å². The number of ether oxygens (including phenoxy) is 4. The van der Waals surface area contributed by atoms with Crippen LogP contribution in [-0.2, 0) is 18.9 Å². The Balaban J connectivity index is 2.08. The largest absolute Gasteiger partial charge is 0.354 e. The Hall–Kier alpha value is -0.200. The third-order valence-electron chi connectivity index (χ3n) is 2.57. The number of hydrogen-bond acceptors (Lipinski definition) is 5. The standard InChI is InChI=1S/C9H17NO4/c1-9(2)13-5-4-12-8(11-3)6(10)7(5)14-9/h5-8H,4,10H2,1-3H3/t5-,6+,7-,8-/m0/s1. The van der Waals surface area contributed by atoms with Crippen molar-refractivity contribution in [3.05, 3.63) is 0 Å². The molecule has 0 saturated carbocycles. The Morgan fingerprint density at radius 1 is 1.36 bits per heavy atom. The summed E-state index contributed by atoms with van der Waals surface area (Å²) in [6, 6.07) is -0.291. The maximum atomic E-state index is 5.94. The predicted molar refractivity (Wildman–Crippen MR) is 48.5 cm³/mol. The summed E-state index contributed by atoms with van der Waals surface area (Å²) in [5.74, 6) is -0.570. The molecule has 14 heavy (non-hydrogen) atoms. The van der Waals surface area contributed by atoms with Gasteiger partial charge in [0.1, 0.15) is 12.2 Å². The summed E-state index contributed by atoms with van der Waals surface area (Å²) in [4.78, 5) is 0. The second-order valence-electron chi connectivity index (χ2n) is 4.15. The lowest BCUT2D eigenvalue weighted by Gasteiger charge is -2.34. The fourth-order valence-electron chi connectivity index (χ4n) is 2.00.